The number of carboxylic acids is 1. The van der Waals surface area contributed by atoms with Crippen LogP contribution in [-0.4, -0.2) is 17.6 Å². The SMILES string of the molecule is Cc1cc(C(C)NCC(C(=O)O)c2ccccc2)c(C)o1. The van der Waals surface area contributed by atoms with Crippen LogP contribution in [0.3, 0.4) is 0 Å². The third-order valence-corrected chi connectivity index (χ3v) is 3.67. The second kappa shape index (κ2) is 6.59. The predicted octanol–water partition coefficient (Wildman–Crippen LogP) is 3.42. The van der Waals surface area contributed by atoms with E-state index in [1.165, 1.54) is 0 Å². The first-order valence-electron chi connectivity index (χ1n) is 7.07. The highest BCUT2D eigenvalue weighted by molar-refractivity contribution is 5.76. The molecule has 0 spiro atoms. The summed E-state index contributed by atoms with van der Waals surface area (Å²) in [4.78, 5) is 11.5. The molecule has 2 N–H and O–H groups in total. The highest BCUT2D eigenvalue weighted by Gasteiger charge is 2.21. The van der Waals surface area contributed by atoms with Crippen LogP contribution in [0, 0.1) is 13.8 Å². The van der Waals surface area contributed by atoms with Crippen molar-refractivity contribution in [1.29, 1.82) is 0 Å². The summed E-state index contributed by atoms with van der Waals surface area (Å²) >= 11 is 0. The van der Waals surface area contributed by atoms with Gasteiger partial charge in [-0.1, -0.05) is 30.3 Å². The molecule has 1 heterocycles. The van der Waals surface area contributed by atoms with Crippen LogP contribution >= 0.6 is 0 Å². The molecule has 2 rings (SSSR count). The number of aliphatic carboxylic acids is 1. The first-order valence-corrected chi connectivity index (χ1v) is 7.07. The third-order valence-electron chi connectivity index (χ3n) is 3.67. The number of furan rings is 1. The summed E-state index contributed by atoms with van der Waals surface area (Å²) in [6.45, 7) is 6.23. The van der Waals surface area contributed by atoms with Crippen LogP contribution in [0.1, 0.15) is 41.5 Å². The highest BCUT2D eigenvalue weighted by Crippen LogP contribution is 2.22. The Hall–Kier alpha value is -2.07. The molecule has 0 aliphatic heterocycles. The minimum atomic E-state index is -0.819. The number of benzene rings is 1. The summed E-state index contributed by atoms with van der Waals surface area (Å²) in [6, 6.07) is 11.3. The molecular formula is C17H21NO3. The Morgan fingerprint density at radius 3 is 2.48 bits per heavy atom. The van der Waals surface area contributed by atoms with E-state index >= 15 is 0 Å². The summed E-state index contributed by atoms with van der Waals surface area (Å²) in [5.41, 5.74) is 1.88. The van der Waals surface area contributed by atoms with Crippen molar-refractivity contribution in [2.75, 3.05) is 6.54 Å². The van der Waals surface area contributed by atoms with E-state index in [1.54, 1.807) is 0 Å². The van der Waals surface area contributed by atoms with E-state index in [2.05, 4.69) is 5.32 Å². The van der Waals surface area contributed by atoms with Crippen molar-refractivity contribution in [3.8, 4) is 0 Å². The molecule has 0 aliphatic carbocycles. The van der Waals surface area contributed by atoms with Gasteiger partial charge in [0.25, 0.3) is 0 Å². The normalized spacial score (nSPS) is 13.9. The van der Waals surface area contributed by atoms with Gasteiger partial charge in [0.15, 0.2) is 0 Å². The van der Waals surface area contributed by atoms with E-state index in [0.717, 1.165) is 22.6 Å². The standard InChI is InChI=1S/C17H21NO3/c1-11-9-15(13(3)21-11)12(2)18-10-16(17(19)20)14-7-5-4-6-8-14/h4-9,12,16,18H,10H2,1-3H3,(H,19,20). The van der Waals surface area contributed by atoms with Gasteiger partial charge in [0, 0.05) is 18.2 Å². The van der Waals surface area contributed by atoms with Crippen LogP contribution in [0.5, 0.6) is 0 Å². The van der Waals surface area contributed by atoms with E-state index in [1.807, 2.05) is 57.2 Å². The maximum Gasteiger partial charge on any atom is 0.312 e. The number of rotatable bonds is 6. The molecule has 4 nitrogen and oxygen atoms in total. The van der Waals surface area contributed by atoms with Gasteiger partial charge in [-0.2, -0.15) is 0 Å². The van der Waals surface area contributed by atoms with Crippen LogP contribution in [0.25, 0.3) is 0 Å². The molecule has 0 radical (unpaired) electrons. The van der Waals surface area contributed by atoms with E-state index in [9.17, 15) is 9.90 Å². The second-order valence-corrected chi connectivity index (χ2v) is 5.30. The maximum atomic E-state index is 11.5. The average molecular weight is 287 g/mol. The zero-order valence-corrected chi connectivity index (χ0v) is 12.6. The summed E-state index contributed by atoms with van der Waals surface area (Å²) in [5, 5.41) is 12.7. The second-order valence-electron chi connectivity index (χ2n) is 5.30. The van der Waals surface area contributed by atoms with Crippen molar-refractivity contribution in [2.45, 2.75) is 32.7 Å². The number of carboxylic acid groups (broad SMARTS) is 1. The molecule has 0 saturated carbocycles. The molecule has 0 fully saturated rings. The van der Waals surface area contributed by atoms with Gasteiger partial charge in [-0.15, -0.1) is 0 Å². The molecule has 2 atom stereocenters. The van der Waals surface area contributed by atoms with Crippen LogP contribution in [0.15, 0.2) is 40.8 Å². The van der Waals surface area contributed by atoms with Crippen molar-refractivity contribution >= 4 is 5.97 Å². The lowest BCUT2D eigenvalue weighted by Crippen LogP contribution is -2.29. The fourth-order valence-corrected chi connectivity index (χ4v) is 2.52. The number of hydrogen-bond donors (Lipinski definition) is 2. The van der Waals surface area contributed by atoms with Crippen LogP contribution in [0.2, 0.25) is 0 Å². The third kappa shape index (κ3) is 3.73. The van der Waals surface area contributed by atoms with Gasteiger partial charge < -0.3 is 14.8 Å². The van der Waals surface area contributed by atoms with Gasteiger partial charge in [-0.25, -0.2) is 0 Å². The quantitative estimate of drug-likeness (QED) is 0.854. The predicted molar refractivity (Wildman–Crippen MR) is 81.4 cm³/mol. The summed E-state index contributed by atoms with van der Waals surface area (Å²) < 4.78 is 5.52. The summed E-state index contributed by atoms with van der Waals surface area (Å²) in [6.07, 6.45) is 0. The van der Waals surface area contributed by atoms with Crippen molar-refractivity contribution in [1.82, 2.24) is 5.32 Å². The number of carbonyl (C=O) groups is 1. The van der Waals surface area contributed by atoms with Crippen molar-refractivity contribution < 1.29 is 14.3 Å². The molecule has 112 valence electrons. The molecule has 2 aromatic rings. The molecule has 0 amide bonds. The number of aryl methyl sites for hydroxylation is 2. The van der Waals surface area contributed by atoms with Gasteiger partial charge in [-0.05, 0) is 32.4 Å². The largest absolute Gasteiger partial charge is 0.481 e. The van der Waals surface area contributed by atoms with Crippen molar-refractivity contribution in [3.05, 3.63) is 59.0 Å². The fourth-order valence-electron chi connectivity index (χ4n) is 2.52. The summed E-state index contributed by atoms with van der Waals surface area (Å²) in [7, 11) is 0. The van der Waals surface area contributed by atoms with Crippen LogP contribution < -0.4 is 5.32 Å². The molecule has 1 aromatic heterocycles. The van der Waals surface area contributed by atoms with E-state index in [-0.39, 0.29) is 6.04 Å². The summed E-state index contributed by atoms with van der Waals surface area (Å²) in [5.74, 6) is 0.371. The average Bonchev–Trinajstić information content (AvgIpc) is 2.78. The van der Waals surface area contributed by atoms with Gasteiger partial charge in [-0.3, -0.25) is 4.79 Å². The molecule has 0 saturated heterocycles. The van der Waals surface area contributed by atoms with E-state index in [0.29, 0.717) is 6.54 Å². The van der Waals surface area contributed by atoms with Crippen LogP contribution in [-0.2, 0) is 4.79 Å². The fraction of sp³-hybridized carbons (Fsp3) is 0.353. The Labute approximate surface area is 124 Å². The monoisotopic (exact) mass is 287 g/mol. The molecular weight excluding hydrogens is 266 g/mol. The minimum absolute atomic E-state index is 0.0491. The Morgan fingerprint density at radius 1 is 1.29 bits per heavy atom. The van der Waals surface area contributed by atoms with Crippen molar-refractivity contribution in [2.24, 2.45) is 0 Å². The Bertz CT molecular complexity index is 604. The van der Waals surface area contributed by atoms with Gasteiger partial charge in [0.05, 0.1) is 5.92 Å². The zero-order valence-electron chi connectivity index (χ0n) is 12.6. The molecule has 4 heteroatoms. The molecule has 0 aliphatic rings. The number of hydrogen-bond acceptors (Lipinski definition) is 3. The first kappa shape index (κ1) is 15.3. The Kier molecular flexibility index (Phi) is 4.81. The lowest BCUT2D eigenvalue weighted by molar-refractivity contribution is -0.138. The van der Waals surface area contributed by atoms with Crippen molar-refractivity contribution in [3.63, 3.8) is 0 Å². The topological polar surface area (TPSA) is 62.5 Å². The Balaban J connectivity index is 2.06. The minimum Gasteiger partial charge on any atom is -0.481 e. The maximum absolute atomic E-state index is 11.5. The molecule has 2 unspecified atom stereocenters. The Morgan fingerprint density at radius 2 is 1.95 bits per heavy atom. The molecule has 1 aromatic carbocycles. The van der Waals surface area contributed by atoms with Crippen LogP contribution in [0.4, 0.5) is 0 Å². The molecule has 0 bridgehead atoms. The van der Waals surface area contributed by atoms with Gasteiger partial charge >= 0.3 is 5.97 Å². The first-order chi connectivity index (χ1) is 9.99. The van der Waals surface area contributed by atoms with E-state index in [4.69, 9.17) is 4.42 Å². The molecule has 21 heavy (non-hydrogen) atoms. The zero-order chi connectivity index (χ0) is 15.4. The lowest BCUT2D eigenvalue weighted by atomic mass is 9.98. The van der Waals surface area contributed by atoms with Gasteiger partial charge in [0.2, 0.25) is 0 Å². The van der Waals surface area contributed by atoms with Gasteiger partial charge in [0.1, 0.15) is 11.5 Å². The highest BCUT2D eigenvalue weighted by atomic mass is 16.4. The number of nitrogens with one attached hydrogen (secondary N) is 1. The smallest absolute Gasteiger partial charge is 0.312 e. The van der Waals surface area contributed by atoms with E-state index < -0.39 is 11.9 Å². The lowest BCUT2D eigenvalue weighted by Gasteiger charge is -2.18.